The summed E-state index contributed by atoms with van der Waals surface area (Å²) in [6, 6.07) is 4.48. The summed E-state index contributed by atoms with van der Waals surface area (Å²) >= 11 is 0. The Morgan fingerprint density at radius 3 is 2.84 bits per heavy atom. The minimum Gasteiger partial charge on any atom is -0.507 e. The monoisotopic (exact) mass is 266 g/mol. The molecule has 1 fully saturated rings. The summed E-state index contributed by atoms with van der Waals surface area (Å²) < 4.78 is 13.5. The van der Waals surface area contributed by atoms with Crippen molar-refractivity contribution in [3.8, 4) is 5.75 Å². The fourth-order valence-electron chi connectivity index (χ4n) is 2.18. The van der Waals surface area contributed by atoms with Crippen LogP contribution in [0.5, 0.6) is 5.75 Å². The first kappa shape index (κ1) is 13.8. The lowest BCUT2D eigenvalue weighted by Crippen LogP contribution is -2.36. The molecule has 0 heterocycles. The van der Waals surface area contributed by atoms with Gasteiger partial charge < -0.3 is 10.4 Å². The Balaban J connectivity index is 1.87. The van der Waals surface area contributed by atoms with E-state index >= 15 is 0 Å². The Morgan fingerprint density at radius 2 is 2.26 bits per heavy atom. The van der Waals surface area contributed by atoms with E-state index in [-0.39, 0.29) is 11.3 Å². The Hall–Kier alpha value is -1.62. The summed E-state index contributed by atoms with van der Waals surface area (Å²) in [5.74, 6) is -1.60. The quantitative estimate of drug-likeness (QED) is 0.824. The van der Waals surface area contributed by atoms with Crippen molar-refractivity contribution in [1.29, 1.82) is 0 Å². The van der Waals surface area contributed by atoms with Gasteiger partial charge in [-0.25, -0.2) is 4.39 Å². The highest BCUT2D eigenvalue weighted by Crippen LogP contribution is 2.26. The van der Waals surface area contributed by atoms with Gasteiger partial charge in [-0.2, -0.15) is 0 Å². The average Bonchev–Trinajstić information content (AvgIpc) is 3.18. The van der Waals surface area contributed by atoms with Crippen LogP contribution in [-0.2, 0) is 0 Å². The molecule has 1 aliphatic rings. The number of halogens is 1. The first-order valence-electron chi connectivity index (χ1n) is 6.63. The van der Waals surface area contributed by atoms with E-state index in [0.717, 1.165) is 19.2 Å². The number of hydrogen-bond acceptors (Lipinski definition) is 3. The van der Waals surface area contributed by atoms with Crippen molar-refractivity contribution in [2.24, 2.45) is 0 Å². The van der Waals surface area contributed by atoms with Crippen LogP contribution in [0, 0.1) is 5.82 Å². The summed E-state index contributed by atoms with van der Waals surface area (Å²) in [5.41, 5.74) is -0.281. The molecule has 0 radical (unpaired) electrons. The van der Waals surface area contributed by atoms with Crippen LogP contribution in [0.1, 0.15) is 30.1 Å². The molecule has 0 spiro atoms. The van der Waals surface area contributed by atoms with E-state index in [1.165, 1.54) is 25.0 Å². The lowest BCUT2D eigenvalue weighted by atomic mass is 10.1. The molecule has 1 aromatic rings. The highest BCUT2D eigenvalue weighted by atomic mass is 19.1. The van der Waals surface area contributed by atoms with E-state index in [1.54, 1.807) is 0 Å². The van der Waals surface area contributed by atoms with Crippen molar-refractivity contribution in [2.75, 3.05) is 19.6 Å². The second kappa shape index (κ2) is 6.02. The maximum absolute atomic E-state index is 13.5. The molecule has 0 atom stereocenters. The molecule has 2 N–H and O–H groups in total. The number of nitrogens with one attached hydrogen (secondary N) is 1. The van der Waals surface area contributed by atoms with Crippen LogP contribution < -0.4 is 5.32 Å². The molecular weight excluding hydrogens is 247 g/mol. The predicted octanol–water partition coefficient (Wildman–Crippen LogP) is 1.75. The maximum atomic E-state index is 13.5. The summed E-state index contributed by atoms with van der Waals surface area (Å²) in [5, 5.41) is 12.2. The fraction of sp³-hybridized carbons (Fsp3) is 0.500. The van der Waals surface area contributed by atoms with Gasteiger partial charge in [-0.1, -0.05) is 13.0 Å². The summed E-state index contributed by atoms with van der Waals surface area (Å²) in [7, 11) is 0. The van der Waals surface area contributed by atoms with Gasteiger partial charge in [0, 0.05) is 19.1 Å². The van der Waals surface area contributed by atoms with Crippen LogP contribution in [-0.4, -0.2) is 41.6 Å². The number of nitrogens with zero attached hydrogens (tertiary/aromatic N) is 1. The smallest absolute Gasteiger partial charge is 0.258 e. The predicted molar refractivity (Wildman–Crippen MR) is 70.7 cm³/mol. The van der Waals surface area contributed by atoms with Crippen LogP contribution in [0.2, 0.25) is 0 Å². The second-order valence-electron chi connectivity index (χ2n) is 4.75. The molecule has 1 amide bonds. The molecule has 5 heteroatoms. The van der Waals surface area contributed by atoms with Gasteiger partial charge in [0.15, 0.2) is 0 Å². The third-order valence-electron chi connectivity index (χ3n) is 3.37. The molecule has 1 saturated carbocycles. The van der Waals surface area contributed by atoms with E-state index in [1.807, 2.05) is 0 Å². The molecule has 0 unspecified atom stereocenters. The Bertz CT molecular complexity index is 441. The number of amides is 1. The van der Waals surface area contributed by atoms with E-state index in [2.05, 4.69) is 17.1 Å². The van der Waals surface area contributed by atoms with Gasteiger partial charge in [-0.3, -0.25) is 9.69 Å². The number of carbonyl (C=O) groups is 1. The van der Waals surface area contributed by atoms with Gasteiger partial charge in [0.1, 0.15) is 17.1 Å². The van der Waals surface area contributed by atoms with Gasteiger partial charge >= 0.3 is 0 Å². The molecule has 1 aromatic carbocycles. The first-order valence-corrected chi connectivity index (χ1v) is 6.63. The van der Waals surface area contributed by atoms with Gasteiger partial charge in [0.2, 0.25) is 0 Å². The number of aromatic hydroxyl groups is 1. The zero-order valence-corrected chi connectivity index (χ0v) is 11.0. The SMILES string of the molecule is CCN(CCNC(=O)c1c(O)cccc1F)C1CC1. The highest BCUT2D eigenvalue weighted by Gasteiger charge is 2.27. The largest absolute Gasteiger partial charge is 0.507 e. The maximum Gasteiger partial charge on any atom is 0.258 e. The number of phenols is 1. The van der Waals surface area contributed by atoms with E-state index in [0.29, 0.717) is 12.6 Å². The molecule has 19 heavy (non-hydrogen) atoms. The van der Waals surface area contributed by atoms with Crippen LogP contribution in [0.15, 0.2) is 18.2 Å². The van der Waals surface area contributed by atoms with Crippen LogP contribution >= 0.6 is 0 Å². The zero-order chi connectivity index (χ0) is 13.8. The van der Waals surface area contributed by atoms with Crippen molar-refractivity contribution >= 4 is 5.91 Å². The number of rotatable bonds is 6. The standard InChI is InChI=1S/C14H19FN2O2/c1-2-17(10-6-7-10)9-8-16-14(19)13-11(15)4-3-5-12(13)18/h3-5,10,18H,2,6-9H2,1H3,(H,16,19). The lowest BCUT2D eigenvalue weighted by Gasteiger charge is -2.19. The molecule has 0 saturated heterocycles. The minimum atomic E-state index is -0.702. The summed E-state index contributed by atoms with van der Waals surface area (Å²) in [6.07, 6.45) is 2.44. The van der Waals surface area contributed by atoms with Crippen LogP contribution in [0.3, 0.4) is 0 Å². The van der Waals surface area contributed by atoms with Crippen molar-refractivity contribution in [3.05, 3.63) is 29.6 Å². The van der Waals surface area contributed by atoms with Crippen LogP contribution in [0.4, 0.5) is 4.39 Å². The Kier molecular flexibility index (Phi) is 4.37. The lowest BCUT2D eigenvalue weighted by molar-refractivity contribution is 0.0941. The van der Waals surface area contributed by atoms with E-state index in [9.17, 15) is 14.3 Å². The molecule has 104 valence electrons. The van der Waals surface area contributed by atoms with Gasteiger partial charge in [-0.15, -0.1) is 0 Å². The Morgan fingerprint density at radius 1 is 1.53 bits per heavy atom. The van der Waals surface area contributed by atoms with Gasteiger partial charge in [0.05, 0.1) is 0 Å². The van der Waals surface area contributed by atoms with Crippen molar-refractivity contribution < 1.29 is 14.3 Å². The summed E-state index contributed by atoms with van der Waals surface area (Å²) in [4.78, 5) is 14.1. The van der Waals surface area contributed by atoms with E-state index < -0.39 is 11.7 Å². The number of carbonyl (C=O) groups excluding carboxylic acids is 1. The second-order valence-corrected chi connectivity index (χ2v) is 4.75. The van der Waals surface area contributed by atoms with Crippen molar-refractivity contribution in [1.82, 2.24) is 10.2 Å². The zero-order valence-electron chi connectivity index (χ0n) is 11.0. The van der Waals surface area contributed by atoms with Gasteiger partial charge in [0.25, 0.3) is 5.91 Å². The normalized spacial score (nSPS) is 14.7. The number of hydrogen-bond donors (Lipinski definition) is 2. The molecule has 2 rings (SSSR count). The first-order chi connectivity index (χ1) is 9.13. The minimum absolute atomic E-state index is 0.281. The van der Waals surface area contributed by atoms with E-state index in [4.69, 9.17) is 0 Å². The topological polar surface area (TPSA) is 52.6 Å². The summed E-state index contributed by atoms with van der Waals surface area (Å²) in [6.45, 7) is 4.24. The third-order valence-corrected chi connectivity index (χ3v) is 3.37. The number of benzene rings is 1. The molecule has 1 aliphatic carbocycles. The van der Waals surface area contributed by atoms with Gasteiger partial charge in [-0.05, 0) is 31.5 Å². The van der Waals surface area contributed by atoms with Crippen molar-refractivity contribution in [2.45, 2.75) is 25.8 Å². The van der Waals surface area contributed by atoms with Crippen LogP contribution in [0.25, 0.3) is 0 Å². The number of phenolic OH excluding ortho intramolecular Hbond substituents is 1. The molecule has 0 bridgehead atoms. The molecule has 4 nitrogen and oxygen atoms in total. The molecular formula is C14H19FN2O2. The average molecular weight is 266 g/mol. The highest BCUT2D eigenvalue weighted by molar-refractivity contribution is 5.97. The molecule has 0 aromatic heterocycles. The number of likely N-dealkylation sites (N-methyl/N-ethyl adjacent to an activating group) is 1. The Labute approximate surface area is 112 Å². The third kappa shape index (κ3) is 3.44. The van der Waals surface area contributed by atoms with Crippen molar-refractivity contribution in [3.63, 3.8) is 0 Å². The fourth-order valence-corrected chi connectivity index (χ4v) is 2.18. The molecule has 0 aliphatic heterocycles.